The summed E-state index contributed by atoms with van der Waals surface area (Å²) in [5, 5.41) is 5.71. The Hall–Kier alpha value is -2.90. The number of anilines is 1. The first-order valence-corrected chi connectivity index (χ1v) is 10.3. The van der Waals surface area contributed by atoms with E-state index in [9.17, 15) is 9.59 Å². The van der Waals surface area contributed by atoms with Crippen molar-refractivity contribution in [3.63, 3.8) is 0 Å². The Morgan fingerprint density at radius 3 is 2.63 bits per heavy atom. The Kier molecular flexibility index (Phi) is 8.23. The van der Waals surface area contributed by atoms with Crippen LogP contribution in [-0.2, 0) is 9.47 Å². The third kappa shape index (κ3) is 6.57. The van der Waals surface area contributed by atoms with Gasteiger partial charge in [-0.2, -0.15) is 0 Å². The smallest absolute Gasteiger partial charge is 0.255 e. The molecule has 7 heteroatoms. The molecule has 2 aromatic rings. The van der Waals surface area contributed by atoms with Crippen LogP contribution in [0, 0.1) is 0 Å². The Bertz CT molecular complexity index is 832. The summed E-state index contributed by atoms with van der Waals surface area (Å²) in [4.78, 5) is 24.9. The summed E-state index contributed by atoms with van der Waals surface area (Å²) in [6, 6.07) is 13.8. The van der Waals surface area contributed by atoms with Gasteiger partial charge in [-0.1, -0.05) is 6.07 Å². The molecule has 160 valence electrons. The Balaban J connectivity index is 1.52. The van der Waals surface area contributed by atoms with Crippen LogP contribution in [-0.4, -0.2) is 50.9 Å². The Labute approximate surface area is 176 Å². The van der Waals surface area contributed by atoms with E-state index in [1.165, 1.54) is 0 Å². The zero-order valence-corrected chi connectivity index (χ0v) is 17.2. The zero-order valence-electron chi connectivity index (χ0n) is 17.2. The summed E-state index contributed by atoms with van der Waals surface area (Å²) in [7, 11) is 0. The van der Waals surface area contributed by atoms with E-state index < -0.39 is 0 Å². The number of hydrogen-bond acceptors (Lipinski definition) is 5. The molecule has 1 fully saturated rings. The monoisotopic (exact) mass is 412 g/mol. The maximum atomic E-state index is 12.5. The largest absolute Gasteiger partial charge is 0.491 e. The number of benzene rings is 2. The molecule has 0 aromatic heterocycles. The zero-order chi connectivity index (χ0) is 21.2. The third-order valence-corrected chi connectivity index (χ3v) is 4.71. The number of hydrogen-bond donors (Lipinski definition) is 2. The van der Waals surface area contributed by atoms with Crippen molar-refractivity contribution < 1.29 is 23.8 Å². The maximum Gasteiger partial charge on any atom is 0.255 e. The van der Waals surface area contributed by atoms with Crippen LogP contribution in [0.5, 0.6) is 5.75 Å². The molecule has 1 aliphatic heterocycles. The van der Waals surface area contributed by atoms with Gasteiger partial charge in [0, 0.05) is 36.6 Å². The fourth-order valence-corrected chi connectivity index (χ4v) is 3.12. The quantitative estimate of drug-likeness (QED) is 0.585. The molecule has 1 heterocycles. The van der Waals surface area contributed by atoms with Crippen molar-refractivity contribution in [2.45, 2.75) is 25.9 Å². The van der Waals surface area contributed by atoms with E-state index in [1.54, 1.807) is 48.5 Å². The van der Waals surface area contributed by atoms with Crippen LogP contribution in [0.3, 0.4) is 0 Å². The Morgan fingerprint density at radius 1 is 1.07 bits per heavy atom. The topological polar surface area (TPSA) is 85.9 Å². The van der Waals surface area contributed by atoms with Gasteiger partial charge in [-0.15, -0.1) is 0 Å². The summed E-state index contributed by atoms with van der Waals surface area (Å²) < 4.78 is 16.3. The minimum atomic E-state index is -0.257. The average Bonchev–Trinajstić information content (AvgIpc) is 3.29. The first-order valence-electron chi connectivity index (χ1n) is 10.3. The molecule has 3 rings (SSSR count). The first kappa shape index (κ1) is 21.8. The second kappa shape index (κ2) is 11.3. The lowest BCUT2D eigenvalue weighted by atomic mass is 10.1. The highest BCUT2D eigenvalue weighted by Gasteiger charge is 2.17. The van der Waals surface area contributed by atoms with Gasteiger partial charge in [-0.25, -0.2) is 0 Å². The lowest BCUT2D eigenvalue weighted by Crippen LogP contribution is -2.31. The lowest BCUT2D eigenvalue weighted by Gasteiger charge is -2.12. The van der Waals surface area contributed by atoms with E-state index in [0.29, 0.717) is 48.9 Å². The van der Waals surface area contributed by atoms with Gasteiger partial charge in [0.15, 0.2) is 0 Å². The molecular weight excluding hydrogens is 384 g/mol. The van der Waals surface area contributed by atoms with Gasteiger partial charge in [0.2, 0.25) is 0 Å². The van der Waals surface area contributed by atoms with E-state index >= 15 is 0 Å². The van der Waals surface area contributed by atoms with Crippen molar-refractivity contribution in [1.82, 2.24) is 5.32 Å². The van der Waals surface area contributed by atoms with Crippen molar-refractivity contribution in [2.24, 2.45) is 0 Å². The summed E-state index contributed by atoms with van der Waals surface area (Å²) in [5.41, 5.74) is 1.55. The Morgan fingerprint density at radius 2 is 1.90 bits per heavy atom. The normalized spacial score (nSPS) is 15.6. The fraction of sp³-hybridized carbons (Fsp3) is 0.391. The number of rotatable bonds is 10. The molecule has 0 unspecified atom stereocenters. The lowest BCUT2D eigenvalue weighted by molar-refractivity contribution is 0.0857. The van der Waals surface area contributed by atoms with Crippen molar-refractivity contribution in [3.05, 3.63) is 59.7 Å². The van der Waals surface area contributed by atoms with Crippen LogP contribution in [0.25, 0.3) is 0 Å². The van der Waals surface area contributed by atoms with Gasteiger partial charge in [0.1, 0.15) is 12.4 Å². The predicted octanol–water partition coefficient (Wildman–Crippen LogP) is 3.26. The predicted molar refractivity (Wildman–Crippen MR) is 114 cm³/mol. The highest BCUT2D eigenvalue weighted by molar-refractivity contribution is 6.05. The number of carbonyl (C=O) groups is 2. The van der Waals surface area contributed by atoms with Gasteiger partial charge in [0.25, 0.3) is 11.8 Å². The van der Waals surface area contributed by atoms with Crippen LogP contribution in [0.2, 0.25) is 0 Å². The van der Waals surface area contributed by atoms with Crippen molar-refractivity contribution in [2.75, 3.05) is 38.3 Å². The maximum absolute atomic E-state index is 12.5. The van der Waals surface area contributed by atoms with E-state index in [2.05, 4.69) is 10.6 Å². The van der Waals surface area contributed by atoms with Crippen molar-refractivity contribution in [3.8, 4) is 5.75 Å². The SMILES string of the molecule is CCOCCOc1ccc(C(=O)Nc2cccc(C(=O)NC[C@@H]3CCCO3)c2)cc1. The van der Waals surface area contributed by atoms with Gasteiger partial charge in [-0.05, 0) is 62.2 Å². The fourth-order valence-electron chi connectivity index (χ4n) is 3.12. The molecule has 0 bridgehead atoms. The second-order valence-corrected chi connectivity index (χ2v) is 6.95. The molecule has 1 saturated heterocycles. The number of nitrogens with one attached hydrogen (secondary N) is 2. The first-order chi connectivity index (χ1) is 14.7. The molecule has 7 nitrogen and oxygen atoms in total. The van der Waals surface area contributed by atoms with E-state index in [4.69, 9.17) is 14.2 Å². The molecule has 1 atom stereocenters. The summed E-state index contributed by atoms with van der Waals surface area (Å²) in [5.74, 6) is 0.235. The number of ether oxygens (including phenoxy) is 3. The summed E-state index contributed by atoms with van der Waals surface area (Å²) >= 11 is 0. The minimum Gasteiger partial charge on any atom is -0.491 e. The van der Waals surface area contributed by atoms with Crippen LogP contribution in [0.15, 0.2) is 48.5 Å². The number of carbonyl (C=O) groups excluding carboxylic acids is 2. The van der Waals surface area contributed by atoms with E-state index in [-0.39, 0.29) is 17.9 Å². The third-order valence-electron chi connectivity index (χ3n) is 4.71. The molecule has 0 spiro atoms. The van der Waals surface area contributed by atoms with E-state index in [1.807, 2.05) is 6.92 Å². The van der Waals surface area contributed by atoms with Gasteiger partial charge in [-0.3, -0.25) is 9.59 Å². The van der Waals surface area contributed by atoms with Gasteiger partial charge in [0.05, 0.1) is 12.7 Å². The van der Waals surface area contributed by atoms with Crippen LogP contribution in [0.1, 0.15) is 40.5 Å². The molecule has 2 aromatic carbocycles. The highest BCUT2D eigenvalue weighted by atomic mass is 16.5. The van der Waals surface area contributed by atoms with Gasteiger partial charge < -0.3 is 24.8 Å². The summed E-state index contributed by atoms with van der Waals surface area (Å²) in [6.07, 6.45) is 2.08. The minimum absolute atomic E-state index is 0.0861. The molecule has 0 aliphatic carbocycles. The molecule has 0 radical (unpaired) electrons. The second-order valence-electron chi connectivity index (χ2n) is 6.95. The highest BCUT2D eigenvalue weighted by Crippen LogP contribution is 2.16. The number of amides is 2. The average molecular weight is 412 g/mol. The van der Waals surface area contributed by atoms with E-state index in [0.717, 1.165) is 19.4 Å². The van der Waals surface area contributed by atoms with Gasteiger partial charge >= 0.3 is 0 Å². The van der Waals surface area contributed by atoms with Crippen molar-refractivity contribution >= 4 is 17.5 Å². The molecule has 30 heavy (non-hydrogen) atoms. The molecule has 2 N–H and O–H groups in total. The van der Waals surface area contributed by atoms with Crippen LogP contribution in [0.4, 0.5) is 5.69 Å². The van der Waals surface area contributed by atoms with Crippen LogP contribution < -0.4 is 15.4 Å². The molecular formula is C23H28N2O5. The van der Waals surface area contributed by atoms with Crippen LogP contribution >= 0.6 is 0 Å². The van der Waals surface area contributed by atoms with Crippen molar-refractivity contribution in [1.29, 1.82) is 0 Å². The molecule has 0 saturated carbocycles. The standard InChI is InChI=1S/C23H28N2O5/c1-2-28-13-14-30-20-10-8-17(9-11-20)23(27)25-19-6-3-5-18(15-19)22(26)24-16-21-7-4-12-29-21/h3,5-6,8-11,15,21H,2,4,7,12-14,16H2,1H3,(H,24,26)(H,25,27)/t21-/m0/s1. The molecule has 1 aliphatic rings. The molecule has 2 amide bonds. The summed E-state index contributed by atoms with van der Waals surface area (Å²) in [6.45, 7) is 4.81.